The Kier molecular flexibility index (Phi) is 3.42. The molecule has 0 aliphatic carbocycles. The highest BCUT2D eigenvalue weighted by Crippen LogP contribution is 2.25. The number of esters is 1. The van der Waals surface area contributed by atoms with Crippen LogP contribution in [0.2, 0.25) is 0 Å². The van der Waals surface area contributed by atoms with Gasteiger partial charge in [-0.15, -0.1) is 0 Å². The molecule has 0 atom stereocenters. The molecule has 0 spiro atoms. The Morgan fingerprint density at radius 2 is 1.83 bits per heavy atom. The number of hydrogen-bond acceptors (Lipinski definition) is 3. The lowest BCUT2D eigenvalue weighted by Gasteiger charge is -2.10. The molecule has 0 fully saturated rings. The number of benzene rings is 1. The molecule has 92 valence electrons. The van der Waals surface area contributed by atoms with Gasteiger partial charge in [-0.25, -0.2) is 9.78 Å². The number of rotatable bonds is 2. The summed E-state index contributed by atoms with van der Waals surface area (Å²) in [5, 5.41) is 0. The fraction of sp³-hybridized carbons (Fsp3) is 0.200. The largest absolute Gasteiger partial charge is 0.464 e. The molecule has 0 saturated carbocycles. The molecule has 3 heteroatoms. The standard InChI is InChI=1S/C15H15NO2/c1-10-9-13(12-7-5-4-6-8-12)14(15(17)18-3)16-11(10)2/h4-9H,1-3H3. The molecule has 0 aliphatic heterocycles. The summed E-state index contributed by atoms with van der Waals surface area (Å²) in [5.74, 6) is -0.406. The Hall–Kier alpha value is -2.16. The number of carbonyl (C=O) groups excluding carboxylic acids is 1. The highest BCUT2D eigenvalue weighted by atomic mass is 16.5. The zero-order chi connectivity index (χ0) is 13.1. The molecule has 2 rings (SSSR count). The molecule has 1 heterocycles. The van der Waals surface area contributed by atoms with Gasteiger partial charge in [0.2, 0.25) is 0 Å². The van der Waals surface area contributed by atoms with Crippen molar-refractivity contribution in [1.82, 2.24) is 4.98 Å². The zero-order valence-corrected chi connectivity index (χ0v) is 10.7. The molecule has 0 unspecified atom stereocenters. The second-order valence-corrected chi connectivity index (χ2v) is 4.14. The molecule has 0 N–H and O–H groups in total. The summed E-state index contributed by atoms with van der Waals surface area (Å²) < 4.78 is 4.79. The van der Waals surface area contributed by atoms with Crippen molar-refractivity contribution in [1.29, 1.82) is 0 Å². The van der Waals surface area contributed by atoms with E-state index in [9.17, 15) is 4.79 Å². The number of aromatic nitrogens is 1. The Morgan fingerprint density at radius 1 is 1.17 bits per heavy atom. The predicted octanol–water partition coefficient (Wildman–Crippen LogP) is 3.15. The monoisotopic (exact) mass is 241 g/mol. The molecule has 0 bridgehead atoms. The highest BCUT2D eigenvalue weighted by molar-refractivity contribution is 5.95. The number of methoxy groups -OCH3 is 1. The van der Waals surface area contributed by atoms with E-state index in [1.807, 2.05) is 50.2 Å². The van der Waals surface area contributed by atoms with Crippen LogP contribution >= 0.6 is 0 Å². The van der Waals surface area contributed by atoms with Crippen LogP contribution in [0.3, 0.4) is 0 Å². The van der Waals surface area contributed by atoms with E-state index in [4.69, 9.17) is 4.74 Å². The van der Waals surface area contributed by atoms with Crippen molar-refractivity contribution < 1.29 is 9.53 Å². The molecule has 18 heavy (non-hydrogen) atoms. The quantitative estimate of drug-likeness (QED) is 0.758. The topological polar surface area (TPSA) is 39.2 Å². The molecule has 3 nitrogen and oxygen atoms in total. The van der Waals surface area contributed by atoms with Gasteiger partial charge in [-0.1, -0.05) is 30.3 Å². The van der Waals surface area contributed by atoms with Gasteiger partial charge in [0.25, 0.3) is 0 Å². The number of aryl methyl sites for hydroxylation is 2. The first-order valence-corrected chi connectivity index (χ1v) is 5.75. The number of carbonyl (C=O) groups is 1. The van der Waals surface area contributed by atoms with Gasteiger partial charge in [0.1, 0.15) is 0 Å². The van der Waals surface area contributed by atoms with Crippen LogP contribution in [0, 0.1) is 13.8 Å². The lowest BCUT2D eigenvalue weighted by atomic mass is 10.0. The molecular weight excluding hydrogens is 226 g/mol. The summed E-state index contributed by atoms with van der Waals surface area (Å²) >= 11 is 0. The number of hydrogen-bond donors (Lipinski definition) is 0. The number of nitrogens with zero attached hydrogens (tertiary/aromatic N) is 1. The lowest BCUT2D eigenvalue weighted by molar-refractivity contribution is 0.0595. The van der Waals surface area contributed by atoms with Crippen molar-refractivity contribution in [2.24, 2.45) is 0 Å². The van der Waals surface area contributed by atoms with E-state index < -0.39 is 5.97 Å². The van der Waals surface area contributed by atoms with E-state index in [0.717, 1.165) is 22.4 Å². The third-order valence-electron chi connectivity index (χ3n) is 2.93. The van der Waals surface area contributed by atoms with Crippen LogP contribution in [-0.4, -0.2) is 18.1 Å². The summed E-state index contributed by atoms with van der Waals surface area (Å²) in [7, 11) is 1.37. The molecule has 0 radical (unpaired) electrons. The lowest BCUT2D eigenvalue weighted by Crippen LogP contribution is -2.08. The van der Waals surface area contributed by atoms with Crippen LogP contribution in [0.4, 0.5) is 0 Å². The maximum Gasteiger partial charge on any atom is 0.357 e. The van der Waals surface area contributed by atoms with E-state index in [2.05, 4.69) is 4.98 Å². The Morgan fingerprint density at radius 3 is 2.44 bits per heavy atom. The number of ether oxygens (including phenoxy) is 1. The SMILES string of the molecule is COC(=O)c1nc(C)c(C)cc1-c1ccccc1. The van der Waals surface area contributed by atoms with Gasteiger partial charge < -0.3 is 4.74 Å². The molecule has 2 aromatic rings. The van der Waals surface area contributed by atoms with E-state index >= 15 is 0 Å². The highest BCUT2D eigenvalue weighted by Gasteiger charge is 2.16. The van der Waals surface area contributed by atoms with Crippen LogP contribution < -0.4 is 0 Å². The second-order valence-electron chi connectivity index (χ2n) is 4.14. The first-order chi connectivity index (χ1) is 8.63. The average Bonchev–Trinajstić information content (AvgIpc) is 2.41. The van der Waals surface area contributed by atoms with Crippen LogP contribution in [0.15, 0.2) is 36.4 Å². The zero-order valence-electron chi connectivity index (χ0n) is 10.7. The van der Waals surface area contributed by atoms with Gasteiger partial charge >= 0.3 is 5.97 Å². The molecule has 0 amide bonds. The van der Waals surface area contributed by atoms with Crippen molar-refractivity contribution in [2.45, 2.75) is 13.8 Å². The predicted molar refractivity (Wildman–Crippen MR) is 70.5 cm³/mol. The molecule has 1 aromatic heterocycles. The summed E-state index contributed by atoms with van der Waals surface area (Å²) in [6, 6.07) is 11.7. The molecular formula is C15H15NO2. The third-order valence-corrected chi connectivity index (χ3v) is 2.93. The van der Waals surface area contributed by atoms with Crippen molar-refractivity contribution >= 4 is 5.97 Å². The van der Waals surface area contributed by atoms with Crippen molar-refractivity contribution in [2.75, 3.05) is 7.11 Å². The minimum absolute atomic E-state index is 0.367. The summed E-state index contributed by atoms with van der Waals surface area (Å²) in [5.41, 5.74) is 4.04. The van der Waals surface area contributed by atoms with Gasteiger partial charge in [-0.3, -0.25) is 0 Å². The smallest absolute Gasteiger partial charge is 0.357 e. The van der Waals surface area contributed by atoms with Gasteiger partial charge in [0, 0.05) is 11.3 Å². The minimum Gasteiger partial charge on any atom is -0.464 e. The fourth-order valence-corrected chi connectivity index (χ4v) is 1.80. The summed E-state index contributed by atoms with van der Waals surface area (Å²) in [6.07, 6.45) is 0. The Labute approximate surface area is 106 Å². The van der Waals surface area contributed by atoms with E-state index in [0.29, 0.717) is 5.69 Å². The molecule has 0 aliphatic rings. The number of pyridine rings is 1. The normalized spacial score (nSPS) is 10.2. The first kappa shape index (κ1) is 12.3. The van der Waals surface area contributed by atoms with Gasteiger partial charge in [0.05, 0.1) is 7.11 Å². The van der Waals surface area contributed by atoms with Crippen molar-refractivity contribution in [3.63, 3.8) is 0 Å². The molecule has 0 saturated heterocycles. The van der Waals surface area contributed by atoms with E-state index in [-0.39, 0.29) is 0 Å². The second kappa shape index (κ2) is 5.00. The van der Waals surface area contributed by atoms with Gasteiger partial charge in [0.15, 0.2) is 5.69 Å². The average molecular weight is 241 g/mol. The van der Waals surface area contributed by atoms with Crippen LogP contribution in [0.1, 0.15) is 21.7 Å². The van der Waals surface area contributed by atoms with Crippen LogP contribution in [0.25, 0.3) is 11.1 Å². The maximum absolute atomic E-state index is 11.8. The molecule has 1 aromatic carbocycles. The third kappa shape index (κ3) is 2.25. The fourth-order valence-electron chi connectivity index (χ4n) is 1.80. The Balaban J connectivity index is 2.65. The van der Waals surface area contributed by atoms with E-state index in [1.54, 1.807) is 0 Å². The van der Waals surface area contributed by atoms with E-state index in [1.165, 1.54) is 7.11 Å². The van der Waals surface area contributed by atoms with Crippen molar-refractivity contribution in [3.8, 4) is 11.1 Å². The summed E-state index contributed by atoms with van der Waals surface area (Å²) in [4.78, 5) is 16.1. The van der Waals surface area contributed by atoms with Crippen LogP contribution in [0.5, 0.6) is 0 Å². The van der Waals surface area contributed by atoms with Crippen molar-refractivity contribution in [3.05, 3.63) is 53.3 Å². The maximum atomic E-state index is 11.8. The minimum atomic E-state index is -0.406. The summed E-state index contributed by atoms with van der Waals surface area (Å²) in [6.45, 7) is 3.87. The Bertz CT molecular complexity index is 577. The van der Waals surface area contributed by atoms with Gasteiger partial charge in [-0.2, -0.15) is 0 Å². The van der Waals surface area contributed by atoms with Crippen LogP contribution in [-0.2, 0) is 4.74 Å². The van der Waals surface area contributed by atoms with Gasteiger partial charge in [-0.05, 0) is 31.0 Å². The first-order valence-electron chi connectivity index (χ1n) is 5.75.